The largest absolute Gasteiger partial charge is 0.310 e. The van der Waals surface area contributed by atoms with Crippen molar-refractivity contribution in [3.05, 3.63) is 255 Å². The van der Waals surface area contributed by atoms with Crippen molar-refractivity contribution in [2.75, 3.05) is 4.90 Å². The highest BCUT2D eigenvalue weighted by atomic mass is 15.1. The third kappa shape index (κ3) is 6.94. The van der Waals surface area contributed by atoms with Gasteiger partial charge in [0.25, 0.3) is 0 Å². The molecule has 0 N–H and O–H groups in total. The van der Waals surface area contributed by atoms with E-state index in [1.807, 2.05) is 0 Å². The highest BCUT2D eigenvalue weighted by Gasteiger charge is 2.18. The molecule has 1 heterocycles. The molecule has 2 nitrogen and oxygen atoms in total. The summed E-state index contributed by atoms with van der Waals surface area (Å²) in [6.45, 7) is 0. The van der Waals surface area contributed by atoms with Gasteiger partial charge in [0.1, 0.15) is 0 Å². The summed E-state index contributed by atoms with van der Waals surface area (Å²) in [6.07, 6.45) is 0. The van der Waals surface area contributed by atoms with Crippen LogP contribution in [-0.4, -0.2) is 4.57 Å². The lowest BCUT2D eigenvalue weighted by Crippen LogP contribution is -2.10. The lowest BCUT2D eigenvalue weighted by Gasteiger charge is -2.27. The molecule has 10 aromatic carbocycles. The first-order valence-electron chi connectivity index (χ1n) is 21.3. The lowest BCUT2D eigenvalue weighted by molar-refractivity contribution is 1.18. The van der Waals surface area contributed by atoms with Crippen LogP contribution in [-0.2, 0) is 0 Å². The molecule has 292 valence electrons. The van der Waals surface area contributed by atoms with E-state index >= 15 is 0 Å². The van der Waals surface area contributed by atoms with Crippen LogP contribution >= 0.6 is 0 Å². The summed E-state index contributed by atoms with van der Waals surface area (Å²) < 4.78 is 2.40. The molecular formula is C60H42N2. The third-order valence-corrected chi connectivity index (χ3v) is 12.0. The van der Waals surface area contributed by atoms with E-state index in [1.54, 1.807) is 0 Å². The molecule has 11 aromatic rings. The molecule has 0 bridgehead atoms. The summed E-state index contributed by atoms with van der Waals surface area (Å²) in [6, 6.07) is 92.0. The number of fused-ring (bicyclic) bond motifs is 3. The van der Waals surface area contributed by atoms with Gasteiger partial charge in [-0.1, -0.05) is 188 Å². The smallest absolute Gasteiger partial charge is 0.0541 e. The van der Waals surface area contributed by atoms with E-state index in [0.29, 0.717) is 0 Å². The standard InChI is InChI=1S/C60H42N2/c1-5-15-43(16-6-1)46-25-32-51(33-26-46)61(52-34-27-47(28-35-52)44-17-7-2-8-18-44)54-38-39-55(48-21-11-4-12-22-48)57(42-54)49-29-36-53(37-30-49)62-59-24-14-13-23-56(59)58-41-50(31-40-60(58)62)45-19-9-3-10-20-45/h1-42H. The summed E-state index contributed by atoms with van der Waals surface area (Å²) in [4.78, 5) is 2.37. The summed E-state index contributed by atoms with van der Waals surface area (Å²) in [5, 5.41) is 2.50. The van der Waals surface area contributed by atoms with Crippen molar-refractivity contribution < 1.29 is 0 Å². The second-order valence-electron chi connectivity index (χ2n) is 15.8. The van der Waals surface area contributed by atoms with Crippen LogP contribution in [0.5, 0.6) is 0 Å². The number of nitrogens with zero attached hydrogens (tertiary/aromatic N) is 2. The summed E-state index contributed by atoms with van der Waals surface area (Å²) in [7, 11) is 0. The molecule has 0 aliphatic heterocycles. The van der Waals surface area contributed by atoms with Gasteiger partial charge in [-0.3, -0.25) is 0 Å². The molecule has 0 amide bonds. The Morgan fingerprint density at radius 2 is 0.645 bits per heavy atom. The number of hydrogen-bond donors (Lipinski definition) is 0. The molecule has 0 unspecified atom stereocenters. The fourth-order valence-corrected chi connectivity index (χ4v) is 8.95. The zero-order valence-corrected chi connectivity index (χ0v) is 34.1. The van der Waals surface area contributed by atoms with Crippen LogP contribution in [0.25, 0.3) is 83.1 Å². The predicted molar refractivity (Wildman–Crippen MR) is 263 cm³/mol. The first-order valence-corrected chi connectivity index (χ1v) is 21.3. The van der Waals surface area contributed by atoms with Gasteiger partial charge in [0, 0.05) is 33.5 Å². The molecule has 0 radical (unpaired) electrons. The van der Waals surface area contributed by atoms with E-state index in [4.69, 9.17) is 0 Å². The van der Waals surface area contributed by atoms with E-state index in [2.05, 4.69) is 264 Å². The van der Waals surface area contributed by atoms with E-state index in [9.17, 15) is 0 Å². The number of para-hydroxylation sites is 1. The van der Waals surface area contributed by atoms with Gasteiger partial charge in [0.15, 0.2) is 0 Å². The van der Waals surface area contributed by atoms with Gasteiger partial charge < -0.3 is 9.47 Å². The molecule has 2 heteroatoms. The number of hydrogen-bond acceptors (Lipinski definition) is 1. The Bertz CT molecular complexity index is 3200. The number of benzene rings is 10. The zero-order chi connectivity index (χ0) is 41.2. The van der Waals surface area contributed by atoms with E-state index in [0.717, 1.165) is 28.3 Å². The van der Waals surface area contributed by atoms with Gasteiger partial charge in [-0.15, -0.1) is 0 Å². The molecular weight excluding hydrogens is 749 g/mol. The Balaban J connectivity index is 1.03. The molecule has 0 atom stereocenters. The molecule has 0 saturated heterocycles. The van der Waals surface area contributed by atoms with Gasteiger partial charge in [0.05, 0.1) is 11.0 Å². The summed E-state index contributed by atoms with van der Waals surface area (Å²) in [5.74, 6) is 0. The van der Waals surface area contributed by atoms with E-state index in [1.165, 1.54) is 71.9 Å². The first-order chi connectivity index (χ1) is 30.7. The Kier molecular flexibility index (Phi) is 9.57. The molecule has 0 saturated carbocycles. The molecule has 1 aromatic heterocycles. The average molecular weight is 791 g/mol. The highest BCUT2D eigenvalue weighted by Crippen LogP contribution is 2.42. The Morgan fingerprint density at radius 3 is 1.21 bits per heavy atom. The van der Waals surface area contributed by atoms with Gasteiger partial charge in [-0.05, 0) is 122 Å². The van der Waals surface area contributed by atoms with Crippen molar-refractivity contribution >= 4 is 38.9 Å². The van der Waals surface area contributed by atoms with Crippen LogP contribution in [0.15, 0.2) is 255 Å². The second kappa shape index (κ2) is 16.1. The minimum absolute atomic E-state index is 1.08. The minimum atomic E-state index is 1.08. The van der Waals surface area contributed by atoms with Crippen molar-refractivity contribution in [3.63, 3.8) is 0 Å². The van der Waals surface area contributed by atoms with Gasteiger partial charge in [0.2, 0.25) is 0 Å². The molecule has 62 heavy (non-hydrogen) atoms. The summed E-state index contributed by atoms with van der Waals surface area (Å²) >= 11 is 0. The fraction of sp³-hybridized carbons (Fsp3) is 0. The highest BCUT2D eigenvalue weighted by molar-refractivity contribution is 6.10. The van der Waals surface area contributed by atoms with Crippen LogP contribution in [0.4, 0.5) is 17.1 Å². The monoisotopic (exact) mass is 790 g/mol. The Labute approximate surface area is 362 Å². The zero-order valence-electron chi connectivity index (χ0n) is 34.1. The SMILES string of the molecule is c1ccc(-c2ccc(N(c3ccc(-c4ccccc4)cc3)c3ccc(-c4ccccc4)c(-c4ccc(-n5c6ccccc6c6cc(-c7ccccc7)ccc65)cc4)c3)cc2)cc1. The minimum Gasteiger partial charge on any atom is -0.310 e. The summed E-state index contributed by atoms with van der Waals surface area (Å²) in [5.41, 5.74) is 18.7. The topological polar surface area (TPSA) is 8.17 Å². The van der Waals surface area contributed by atoms with E-state index in [-0.39, 0.29) is 0 Å². The fourth-order valence-electron chi connectivity index (χ4n) is 8.95. The van der Waals surface area contributed by atoms with E-state index < -0.39 is 0 Å². The van der Waals surface area contributed by atoms with Crippen LogP contribution in [0.1, 0.15) is 0 Å². The lowest BCUT2D eigenvalue weighted by atomic mass is 9.93. The van der Waals surface area contributed by atoms with Crippen LogP contribution < -0.4 is 4.90 Å². The van der Waals surface area contributed by atoms with Crippen molar-refractivity contribution in [2.24, 2.45) is 0 Å². The maximum absolute atomic E-state index is 2.40. The van der Waals surface area contributed by atoms with Crippen molar-refractivity contribution in [2.45, 2.75) is 0 Å². The molecule has 0 aliphatic rings. The predicted octanol–water partition coefficient (Wildman–Crippen LogP) is 16.6. The molecule has 0 fully saturated rings. The maximum atomic E-state index is 2.40. The number of aromatic nitrogens is 1. The maximum Gasteiger partial charge on any atom is 0.0541 e. The molecule has 11 rings (SSSR count). The Morgan fingerprint density at radius 1 is 0.242 bits per heavy atom. The van der Waals surface area contributed by atoms with Crippen molar-refractivity contribution in [1.29, 1.82) is 0 Å². The van der Waals surface area contributed by atoms with Crippen LogP contribution in [0, 0.1) is 0 Å². The van der Waals surface area contributed by atoms with Crippen molar-refractivity contribution in [3.8, 4) is 61.3 Å². The molecule has 0 aliphatic carbocycles. The second-order valence-corrected chi connectivity index (χ2v) is 15.8. The average Bonchev–Trinajstić information content (AvgIpc) is 3.69. The Hall–Kier alpha value is -8.20. The number of anilines is 3. The first kappa shape index (κ1) is 36.8. The molecule has 0 spiro atoms. The van der Waals surface area contributed by atoms with Gasteiger partial charge in [-0.25, -0.2) is 0 Å². The third-order valence-electron chi connectivity index (χ3n) is 12.0. The normalized spacial score (nSPS) is 11.2. The van der Waals surface area contributed by atoms with Crippen molar-refractivity contribution in [1.82, 2.24) is 4.57 Å². The number of rotatable bonds is 9. The quantitative estimate of drug-likeness (QED) is 0.141. The van der Waals surface area contributed by atoms with Gasteiger partial charge >= 0.3 is 0 Å². The van der Waals surface area contributed by atoms with Crippen LogP contribution in [0.3, 0.4) is 0 Å². The van der Waals surface area contributed by atoms with Gasteiger partial charge in [-0.2, -0.15) is 0 Å². The van der Waals surface area contributed by atoms with Crippen LogP contribution in [0.2, 0.25) is 0 Å².